The zero-order valence-electron chi connectivity index (χ0n) is 15.5. The summed E-state index contributed by atoms with van der Waals surface area (Å²) in [6, 6.07) is 11.3. The van der Waals surface area contributed by atoms with Gasteiger partial charge in [-0.25, -0.2) is 0 Å². The van der Waals surface area contributed by atoms with Crippen molar-refractivity contribution in [1.29, 1.82) is 0 Å². The van der Waals surface area contributed by atoms with Crippen LogP contribution in [0.1, 0.15) is 18.1 Å². The Balaban J connectivity index is 2.18. The Bertz CT molecular complexity index is 763. The van der Waals surface area contributed by atoms with Crippen LogP contribution in [0.3, 0.4) is 0 Å². The van der Waals surface area contributed by atoms with E-state index in [4.69, 9.17) is 25.8 Å². The van der Waals surface area contributed by atoms with E-state index in [1.807, 2.05) is 30.3 Å². The summed E-state index contributed by atoms with van der Waals surface area (Å²) in [7, 11) is 4.79. The molecule has 26 heavy (non-hydrogen) atoms. The number of nitrogens with zero attached hydrogens (tertiary/aromatic N) is 1. The van der Waals surface area contributed by atoms with Gasteiger partial charge in [0.2, 0.25) is 5.91 Å². The lowest BCUT2D eigenvalue weighted by Gasteiger charge is -2.23. The monoisotopic (exact) mass is 377 g/mol. The summed E-state index contributed by atoms with van der Waals surface area (Å²) in [4.78, 5) is 13.9. The Kier molecular flexibility index (Phi) is 7.16. The maximum Gasteiger partial charge on any atom is 0.219 e. The van der Waals surface area contributed by atoms with Crippen molar-refractivity contribution in [3.63, 3.8) is 0 Å². The fourth-order valence-electron chi connectivity index (χ4n) is 2.76. The average molecular weight is 378 g/mol. The molecule has 6 heteroatoms. The molecule has 0 aliphatic heterocycles. The maximum absolute atomic E-state index is 12.1. The van der Waals surface area contributed by atoms with Crippen LogP contribution in [0.15, 0.2) is 36.4 Å². The minimum atomic E-state index is -0.00389. The van der Waals surface area contributed by atoms with Gasteiger partial charge in [-0.1, -0.05) is 29.8 Å². The molecule has 0 heterocycles. The van der Waals surface area contributed by atoms with Crippen LogP contribution in [0.2, 0.25) is 5.02 Å². The second-order valence-electron chi connectivity index (χ2n) is 5.80. The van der Waals surface area contributed by atoms with Crippen LogP contribution < -0.4 is 14.2 Å². The number of rotatable bonds is 8. The molecule has 0 radical (unpaired) electrons. The van der Waals surface area contributed by atoms with Crippen LogP contribution >= 0.6 is 11.6 Å². The van der Waals surface area contributed by atoms with Gasteiger partial charge in [-0.05, 0) is 24.1 Å². The van der Waals surface area contributed by atoms with Crippen LogP contribution in [0.4, 0.5) is 0 Å². The normalized spacial score (nSPS) is 10.3. The summed E-state index contributed by atoms with van der Waals surface area (Å²) < 4.78 is 16.1. The molecular formula is C20H24ClNO4. The fraction of sp³-hybridized carbons (Fsp3) is 0.350. The van der Waals surface area contributed by atoms with Gasteiger partial charge < -0.3 is 19.1 Å². The molecule has 0 saturated carbocycles. The summed E-state index contributed by atoms with van der Waals surface area (Å²) in [5.41, 5.74) is 1.89. The molecule has 1 amide bonds. The van der Waals surface area contributed by atoms with Crippen LogP contribution in [0.25, 0.3) is 0 Å². The number of methoxy groups -OCH3 is 3. The standard InChI is InChI=1S/C20H24ClNO4/c1-14(23)22(13-16-7-5-6-8-18(16)24-2)10-9-15-11-20(26-4)17(21)12-19(15)25-3/h5-8,11-12H,9-10,13H2,1-4H3. The van der Waals surface area contributed by atoms with Crippen LogP contribution in [-0.2, 0) is 17.8 Å². The van der Waals surface area contributed by atoms with E-state index in [0.29, 0.717) is 36.0 Å². The van der Waals surface area contributed by atoms with Gasteiger partial charge in [0, 0.05) is 31.6 Å². The van der Waals surface area contributed by atoms with E-state index < -0.39 is 0 Å². The molecule has 0 fully saturated rings. The largest absolute Gasteiger partial charge is 0.496 e. The zero-order valence-corrected chi connectivity index (χ0v) is 16.3. The minimum Gasteiger partial charge on any atom is -0.496 e. The smallest absolute Gasteiger partial charge is 0.219 e. The predicted octanol–water partition coefficient (Wildman–Crippen LogP) is 3.96. The van der Waals surface area contributed by atoms with Gasteiger partial charge in [0.1, 0.15) is 17.2 Å². The number of para-hydroxylation sites is 1. The molecule has 0 aliphatic rings. The lowest BCUT2D eigenvalue weighted by atomic mass is 10.1. The number of amides is 1. The molecule has 2 aromatic carbocycles. The Labute approximate surface area is 159 Å². The van der Waals surface area contributed by atoms with Gasteiger partial charge in [-0.15, -0.1) is 0 Å². The van der Waals surface area contributed by atoms with Crippen molar-refractivity contribution in [2.75, 3.05) is 27.9 Å². The molecule has 0 bridgehead atoms. The molecule has 0 spiro atoms. The zero-order chi connectivity index (χ0) is 19.1. The third-order valence-corrected chi connectivity index (χ3v) is 4.50. The van der Waals surface area contributed by atoms with Crippen molar-refractivity contribution in [2.45, 2.75) is 19.9 Å². The Hall–Kier alpha value is -2.40. The molecule has 0 N–H and O–H groups in total. The quantitative estimate of drug-likeness (QED) is 0.698. The first-order valence-corrected chi connectivity index (χ1v) is 8.65. The third-order valence-electron chi connectivity index (χ3n) is 4.20. The average Bonchev–Trinajstić information content (AvgIpc) is 2.65. The van der Waals surface area contributed by atoms with E-state index in [-0.39, 0.29) is 5.91 Å². The van der Waals surface area contributed by atoms with E-state index in [2.05, 4.69) is 0 Å². The van der Waals surface area contributed by atoms with Crippen molar-refractivity contribution < 1.29 is 19.0 Å². The molecule has 5 nitrogen and oxygen atoms in total. The highest BCUT2D eigenvalue weighted by Crippen LogP contribution is 2.33. The summed E-state index contributed by atoms with van der Waals surface area (Å²) in [5, 5.41) is 0.491. The van der Waals surface area contributed by atoms with Gasteiger partial charge in [-0.3, -0.25) is 4.79 Å². The lowest BCUT2D eigenvalue weighted by molar-refractivity contribution is -0.129. The first-order valence-electron chi connectivity index (χ1n) is 8.28. The molecule has 0 aromatic heterocycles. The highest BCUT2D eigenvalue weighted by Gasteiger charge is 2.15. The molecule has 0 aliphatic carbocycles. The second-order valence-corrected chi connectivity index (χ2v) is 6.21. The van der Waals surface area contributed by atoms with Gasteiger partial charge >= 0.3 is 0 Å². The van der Waals surface area contributed by atoms with Crippen molar-refractivity contribution in [1.82, 2.24) is 4.90 Å². The molecule has 2 rings (SSSR count). The molecule has 0 unspecified atom stereocenters. The van der Waals surface area contributed by atoms with Crippen molar-refractivity contribution in [2.24, 2.45) is 0 Å². The van der Waals surface area contributed by atoms with Crippen LogP contribution in [0, 0.1) is 0 Å². The molecule has 0 saturated heterocycles. The van der Waals surface area contributed by atoms with Gasteiger partial charge in [0.05, 0.1) is 26.4 Å². The fourth-order valence-corrected chi connectivity index (χ4v) is 2.99. The molecule has 0 atom stereocenters. The Morgan fingerprint density at radius 3 is 2.23 bits per heavy atom. The highest BCUT2D eigenvalue weighted by atomic mass is 35.5. The van der Waals surface area contributed by atoms with Crippen molar-refractivity contribution in [3.8, 4) is 17.2 Å². The predicted molar refractivity (Wildman–Crippen MR) is 102 cm³/mol. The minimum absolute atomic E-state index is 0.00389. The number of ether oxygens (including phenoxy) is 3. The van der Waals surface area contributed by atoms with Gasteiger partial charge in [0.15, 0.2) is 0 Å². The maximum atomic E-state index is 12.1. The van der Waals surface area contributed by atoms with E-state index in [1.165, 1.54) is 0 Å². The van der Waals surface area contributed by atoms with Crippen molar-refractivity contribution in [3.05, 3.63) is 52.5 Å². The number of hydrogen-bond donors (Lipinski definition) is 0. The summed E-state index contributed by atoms with van der Waals surface area (Å²) in [6.07, 6.45) is 0.616. The SMILES string of the molecule is COc1cc(CCN(Cc2ccccc2OC)C(C)=O)c(OC)cc1Cl. The number of benzene rings is 2. The molecular weight excluding hydrogens is 354 g/mol. The number of hydrogen-bond acceptors (Lipinski definition) is 4. The Morgan fingerprint density at radius 2 is 1.62 bits per heavy atom. The van der Waals surface area contributed by atoms with E-state index in [1.54, 1.807) is 39.2 Å². The molecule has 2 aromatic rings. The van der Waals surface area contributed by atoms with Gasteiger partial charge in [0.25, 0.3) is 0 Å². The third kappa shape index (κ3) is 4.82. The number of halogens is 1. The van der Waals surface area contributed by atoms with Crippen molar-refractivity contribution >= 4 is 17.5 Å². The summed E-state index contributed by atoms with van der Waals surface area (Å²) in [6.45, 7) is 2.58. The van der Waals surface area contributed by atoms with E-state index in [0.717, 1.165) is 16.9 Å². The first-order chi connectivity index (χ1) is 12.5. The van der Waals surface area contributed by atoms with E-state index in [9.17, 15) is 4.79 Å². The topological polar surface area (TPSA) is 48.0 Å². The number of carbonyl (C=O) groups excluding carboxylic acids is 1. The highest BCUT2D eigenvalue weighted by molar-refractivity contribution is 6.32. The Morgan fingerprint density at radius 1 is 0.962 bits per heavy atom. The number of carbonyl (C=O) groups is 1. The second kappa shape index (κ2) is 9.34. The first kappa shape index (κ1) is 19.9. The van der Waals surface area contributed by atoms with Gasteiger partial charge in [-0.2, -0.15) is 0 Å². The van der Waals surface area contributed by atoms with Crippen LogP contribution in [0.5, 0.6) is 17.2 Å². The summed E-state index contributed by atoms with van der Waals surface area (Å²) in [5.74, 6) is 2.03. The van der Waals surface area contributed by atoms with E-state index >= 15 is 0 Å². The summed E-state index contributed by atoms with van der Waals surface area (Å²) >= 11 is 6.15. The molecule has 140 valence electrons. The van der Waals surface area contributed by atoms with Crippen LogP contribution in [-0.4, -0.2) is 38.7 Å². The lowest BCUT2D eigenvalue weighted by Crippen LogP contribution is -2.30.